The van der Waals surface area contributed by atoms with Gasteiger partial charge in [0.1, 0.15) is 5.65 Å². The molecule has 3 heterocycles. The van der Waals surface area contributed by atoms with Crippen molar-refractivity contribution in [1.29, 1.82) is 0 Å². The lowest BCUT2D eigenvalue weighted by Crippen LogP contribution is -2.39. The Hall–Kier alpha value is -2.57. The number of hydrogen-bond donors (Lipinski definition) is 1. The zero-order valence-corrected chi connectivity index (χ0v) is 10.6. The molecule has 3 rings (SSSR count). The molecular weight excluding hydrogens is 246 g/mol. The summed E-state index contributed by atoms with van der Waals surface area (Å²) < 4.78 is 4.29. The first-order valence-electron chi connectivity index (χ1n) is 5.91. The zero-order chi connectivity index (χ0) is 13.6. The van der Waals surface area contributed by atoms with Crippen molar-refractivity contribution >= 4 is 16.9 Å². The van der Waals surface area contributed by atoms with Crippen molar-refractivity contribution in [2.75, 3.05) is 0 Å². The largest absolute Gasteiger partial charge is 0.332 e. The molecule has 0 fully saturated rings. The maximum absolute atomic E-state index is 12.4. The maximum atomic E-state index is 12.4. The summed E-state index contributed by atoms with van der Waals surface area (Å²) in [6.45, 7) is 2.11. The van der Waals surface area contributed by atoms with Gasteiger partial charge in [-0.05, 0) is 6.92 Å². The number of imidazole rings is 2. The maximum Gasteiger partial charge on any atom is 0.332 e. The molecule has 0 aliphatic carbocycles. The summed E-state index contributed by atoms with van der Waals surface area (Å²) in [6.07, 6.45) is 6.87. The normalized spacial score (nSPS) is 12.1. The van der Waals surface area contributed by atoms with Gasteiger partial charge in [-0.1, -0.05) is 12.2 Å². The zero-order valence-electron chi connectivity index (χ0n) is 10.6. The average molecular weight is 259 g/mol. The number of aromatic amines is 1. The highest BCUT2D eigenvalue weighted by Crippen LogP contribution is 2.09. The number of allylic oxidation sites excluding steroid dienone is 2. The molecule has 0 spiro atoms. The van der Waals surface area contributed by atoms with Crippen LogP contribution >= 0.6 is 0 Å². The monoisotopic (exact) mass is 259 g/mol. The Morgan fingerprint density at radius 1 is 1.42 bits per heavy atom. The van der Waals surface area contributed by atoms with Crippen LogP contribution in [0.5, 0.6) is 0 Å². The molecule has 0 saturated carbocycles. The van der Waals surface area contributed by atoms with Gasteiger partial charge < -0.3 is 4.98 Å². The summed E-state index contributed by atoms with van der Waals surface area (Å²) >= 11 is 0. The highest BCUT2D eigenvalue weighted by atomic mass is 16.2. The molecule has 0 aliphatic rings. The quantitative estimate of drug-likeness (QED) is 0.670. The third-order valence-electron chi connectivity index (χ3n) is 3.16. The van der Waals surface area contributed by atoms with Gasteiger partial charge >= 0.3 is 5.69 Å². The van der Waals surface area contributed by atoms with Gasteiger partial charge in [0, 0.05) is 26.0 Å². The van der Waals surface area contributed by atoms with Crippen LogP contribution < -0.4 is 11.2 Å². The van der Waals surface area contributed by atoms with Crippen LogP contribution in [0.1, 0.15) is 6.92 Å². The minimum Gasteiger partial charge on any atom is -0.309 e. The predicted octanol–water partition coefficient (Wildman–Crippen LogP) is 0.252. The summed E-state index contributed by atoms with van der Waals surface area (Å²) in [5.41, 5.74) is 0.245. The molecule has 0 saturated heterocycles. The molecule has 0 bridgehead atoms. The number of aryl methyl sites for hydroxylation is 1. The third-order valence-corrected chi connectivity index (χ3v) is 3.16. The van der Waals surface area contributed by atoms with Gasteiger partial charge in [-0.25, -0.2) is 9.78 Å². The van der Waals surface area contributed by atoms with E-state index in [0.717, 1.165) is 0 Å². The fourth-order valence-corrected chi connectivity index (χ4v) is 2.17. The predicted molar refractivity (Wildman–Crippen MR) is 71.4 cm³/mol. The molecule has 98 valence electrons. The Balaban J connectivity index is 2.51. The first-order chi connectivity index (χ1) is 9.15. The van der Waals surface area contributed by atoms with E-state index in [0.29, 0.717) is 16.9 Å². The van der Waals surface area contributed by atoms with Crippen molar-refractivity contribution in [2.45, 2.75) is 13.5 Å². The fourth-order valence-electron chi connectivity index (χ4n) is 2.17. The lowest BCUT2D eigenvalue weighted by atomic mass is 10.4. The van der Waals surface area contributed by atoms with E-state index in [1.165, 1.54) is 9.13 Å². The van der Waals surface area contributed by atoms with E-state index < -0.39 is 0 Å². The standard InChI is InChI=1S/C12H13N5O2/c1-3-4-6-17-10(18)8-9(15(2)12(17)19)14-11-13-5-7-16(8)11/h3-5,7H,6H2,1-2H3,(H,13,14). The second kappa shape index (κ2) is 3.98. The van der Waals surface area contributed by atoms with Crippen molar-refractivity contribution in [2.24, 2.45) is 7.05 Å². The minimum atomic E-state index is -0.347. The molecule has 0 radical (unpaired) electrons. The summed E-state index contributed by atoms with van der Waals surface area (Å²) in [5.74, 6) is 0.547. The van der Waals surface area contributed by atoms with Gasteiger partial charge in [-0.15, -0.1) is 0 Å². The van der Waals surface area contributed by atoms with E-state index >= 15 is 0 Å². The van der Waals surface area contributed by atoms with Crippen LogP contribution in [0.25, 0.3) is 16.9 Å². The van der Waals surface area contributed by atoms with E-state index in [1.807, 2.05) is 6.92 Å². The van der Waals surface area contributed by atoms with Crippen LogP contribution in [0, 0.1) is 0 Å². The number of hydrogen-bond acceptors (Lipinski definition) is 3. The van der Waals surface area contributed by atoms with Crippen molar-refractivity contribution in [1.82, 2.24) is 23.5 Å². The number of H-pyrrole nitrogens is 1. The molecule has 7 heteroatoms. The van der Waals surface area contributed by atoms with Gasteiger partial charge in [0.25, 0.3) is 5.56 Å². The van der Waals surface area contributed by atoms with Gasteiger partial charge in [-0.2, -0.15) is 0 Å². The number of fused-ring (bicyclic) bond motifs is 3. The Morgan fingerprint density at radius 2 is 2.21 bits per heavy atom. The number of rotatable bonds is 2. The lowest BCUT2D eigenvalue weighted by molar-refractivity contribution is 0.666. The molecule has 7 nitrogen and oxygen atoms in total. The third kappa shape index (κ3) is 1.48. The van der Waals surface area contributed by atoms with E-state index in [-0.39, 0.29) is 17.8 Å². The van der Waals surface area contributed by atoms with Gasteiger partial charge in [0.05, 0.1) is 0 Å². The van der Waals surface area contributed by atoms with Crippen LogP contribution in [-0.2, 0) is 13.6 Å². The van der Waals surface area contributed by atoms with Gasteiger partial charge in [-0.3, -0.25) is 18.3 Å². The van der Waals surface area contributed by atoms with Crippen molar-refractivity contribution < 1.29 is 0 Å². The van der Waals surface area contributed by atoms with Crippen LogP contribution in [0.3, 0.4) is 0 Å². The SMILES string of the molecule is CC=CCn1c(=O)c2c([nH]c3nccn32)n(C)c1=O. The van der Waals surface area contributed by atoms with Crippen molar-refractivity contribution in [3.05, 3.63) is 45.4 Å². The summed E-state index contributed by atoms with van der Waals surface area (Å²) in [4.78, 5) is 31.6. The molecule has 1 N–H and O–H groups in total. The summed E-state index contributed by atoms with van der Waals surface area (Å²) in [5, 5.41) is 0. The first-order valence-corrected chi connectivity index (χ1v) is 5.91. The van der Waals surface area contributed by atoms with E-state index in [4.69, 9.17) is 0 Å². The molecule has 3 aromatic heterocycles. The number of nitrogens with one attached hydrogen (secondary N) is 1. The van der Waals surface area contributed by atoms with Gasteiger partial charge in [0.15, 0.2) is 5.52 Å². The highest BCUT2D eigenvalue weighted by molar-refractivity contribution is 5.75. The Kier molecular flexibility index (Phi) is 2.41. The van der Waals surface area contributed by atoms with E-state index in [1.54, 1.807) is 36.0 Å². The smallest absolute Gasteiger partial charge is 0.309 e. The van der Waals surface area contributed by atoms with Crippen LogP contribution in [0.2, 0.25) is 0 Å². The van der Waals surface area contributed by atoms with Crippen molar-refractivity contribution in [3.63, 3.8) is 0 Å². The van der Waals surface area contributed by atoms with E-state index in [9.17, 15) is 9.59 Å². The fraction of sp³-hybridized carbons (Fsp3) is 0.250. The van der Waals surface area contributed by atoms with Crippen LogP contribution in [0.15, 0.2) is 34.1 Å². The molecule has 0 amide bonds. The summed E-state index contributed by atoms with van der Waals surface area (Å²) in [7, 11) is 1.63. The number of nitrogens with zero attached hydrogens (tertiary/aromatic N) is 4. The second-order valence-corrected chi connectivity index (χ2v) is 4.27. The van der Waals surface area contributed by atoms with Crippen LogP contribution in [-0.4, -0.2) is 23.5 Å². The second-order valence-electron chi connectivity index (χ2n) is 4.27. The average Bonchev–Trinajstić information content (AvgIpc) is 2.96. The van der Waals surface area contributed by atoms with E-state index in [2.05, 4.69) is 9.97 Å². The Morgan fingerprint density at radius 3 is 2.95 bits per heavy atom. The van der Waals surface area contributed by atoms with Crippen molar-refractivity contribution in [3.8, 4) is 0 Å². The number of aromatic nitrogens is 5. The molecule has 0 aromatic carbocycles. The minimum absolute atomic E-state index is 0.263. The Bertz CT molecular complexity index is 906. The van der Waals surface area contributed by atoms with Crippen LogP contribution in [0.4, 0.5) is 0 Å². The summed E-state index contributed by atoms with van der Waals surface area (Å²) in [6, 6.07) is 0. The Labute approximate surface area is 107 Å². The molecule has 0 unspecified atom stereocenters. The topological polar surface area (TPSA) is 77.1 Å². The molecule has 0 atom stereocenters. The molecule has 19 heavy (non-hydrogen) atoms. The molecule has 0 aliphatic heterocycles. The highest BCUT2D eigenvalue weighted by Gasteiger charge is 2.15. The molecule has 3 aromatic rings. The van der Waals surface area contributed by atoms with Gasteiger partial charge in [0.2, 0.25) is 5.78 Å². The first kappa shape index (κ1) is 11.5. The molecular formula is C12H13N5O2. The lowest BCUT2D eigenvalue weighted by Gasteiger charge is -2.05.